The van der Waals surface area contributed by atoms with Gasteiger partial charge in [-0.3, -0.25) is 9.59 Å². The zero-order chi connectivity index (χ0) is 20.9. The molecule has 0 spiro atoms. The summed E-state index contributed by atoms with van der Waals surface area (Å²) >= 11 is 0. The SMILES string of the molecule is CCCCCC(=O)C(=O)c1ccc(C2C(c3ccccc3)=Cc3ccccc32)cc1. The van der Waals surface area contributed by atoms with E-state index in [0.717, 1.165) is 24.8 Å². The third-order valence-corrected chi connectivity index (χ3v) is 5.80. The highest BCUT2D eigenvalue weighted by Gasteiger charge is 2.27. The molecule has 1 aliphatic rings. The highest BCUT2D eigenvalue weighted by molar-refractivity contribution is 6.43. The van der Waals surface area contributed by atoms with E-state index < -0.39 is 0 Å². The molecule has 2 heteroatoms. The second-order valence-corrected chi connectivity index (χ2v) is 7.86. The number of fused-ring (bicyclic) bond motifs is 1. The van der Waals surface area contributed by atoms with Gasteiger partial charge in [0.05, 0.1) is 0 Å². The normalized spacial score (nSPS) is 14.8. The molecule has 1 unspecified atom stereocenters. The first kappa shape index (κ1) is 20.0. The number of Topliss-reactive ketones (excluding diaryl/α,β-unsaturated/α-hetero) is 2. The van der Waals surface area contributed by atoms with E-state index in [1.807, 2.05) is 18.2 Å². The average Bonchev–Trinajstić information content (AvgIpc) is 3.19. The van der Waals surface area contributed by atoms with Gasteiger partial charge in [-0.05, 0) is 40.3 Å². The lowest BCUT2D eigenvalue weighted by atomic mass is 9.85. The van der Waals surface area contributed by atoms with E-state index in [2.05, 4.69) is 61.5 Å². The van der Waals surface area contributed by atoms with Crippen LogP contribution in [-0.2, 0) is 4.79 Å². The van der Waals surface area contributed by atoms with Crippen LogP contribution in [0.1, 0.15) is 71.1 Å². The van der Waals surface area contributed by atoms with Crippen LogP contribution in [0.2, 0.25) is 0 Å². The Morgan fingerprint density at radius 3 is 2.23 bits per heavy atom. The zero-order valence-corrected chi connectivity index (χ0v) is 17.3. The van der Waals surface area contributed by atoms with E-state index in [1.54, 1.807) is 12.1 Å². The number of hydrogen-bond acceptors (Lipinski definition) is 2. The zero-order valence-electron chi connectivity index (χ0n) is 17.3. The number of ketones is 2. The first-order valence-corrected chi connectivity index (χ1v) is 10.7. The van der Waals surface area contributed by atoms with Gasteiger partial charge in [0.15, 0.2) is 0 Å². The molecule has 0 N–H and O–H groups in total. The first-order chi connectivity index (χ1) is 14.7. The van der Waals surface area contributed by atoms with Gasteiger partial charge in [-0.25, -0.2) is 0 Å². The monoisotopic (exact) mass is 394 g/mol. The van der Waals surface area contributed by atoms with Crippen LogP contribution in [0.4, 0.5) is 0 Å². The summed E-state index contributed by atoms with van der Waals surface area (Å²) in [6, 6.07) is 26.5. The molecule has 0 radical (unpaired) electrons. The van der Waals surface area contributed by atoms with E-state index in [4.69, 9.17) is 0 Å². The molecular formula is C28H26O2. The van der Waals surface area contributed by atoms with Crippen molar-refractivity contribution in [2.24, 2.45) is 0 Å². The van der Waals surface area contributed by atoms with Crippen molar-refractivity contribution in [3.05, 3.63) is 107 Å². The molecule has 0 bridgehead atoms. The van der Waals surface area contributed by atoms with Crippen molar-refractivity contribution in [2.75, 3.05) is 0 Å². The fourth-order valence-corrected chi connectivity index (χ4v) is 4.20. The number of hydrogen-bond donors (Lipinski definition) is 0. The van der Waals surface area contributed by atoms with E-state index >= 15 is 0 Å². The first-order valence-electron chi connectivity index (χ1n) is 10.7. The Hall–Kier alpha value is -3.26. The molecule has 2 nitrogen and oxygen atoms in total. The Morgan fingerprint density at radius 2 is 1.50 bits per heavy atom. The van der Waals surface area contributed by atoms with Gasteiger partial charge in [-0.15, -0.1) is 0 Å². The molecule has 3 aromatic carbocycles. The number of carbonyl (C=O) groups excluding carboxylic acids is 2. The molecule has 30 heavy (non-hydrogen) atoms. The van der Waals surface area contributed by atoms with Crippen LogP contribution in [0.25, 0.3) is 11.6 Å². The van der Waals surface area contributed by atoms with Gasteiger partial charge in [0.25, 0.3) is 0 Å². The van der Waals surface area contributed by atoms with Crippen molar-refractivity contribution in [1.29, 1.82) is 0 Å². The molecule has 0 heterocycles. The predicted octanol–water partition coefficient (Wildman–Crippen LogP) is 6.70. The van der Waals surface area contributed by atoms with Crippen LogP contribution in [0.3, 0.4) is 0 Å². The largest absolute Gasteiger partial charge is 0.290 e. The number of carbonyl (C=O) groups is 2. The lowest BCUT2D eigenvalue weighted by molar-refractivity contribution is -0.115. The second kappa shape index (κ2) is 9.04. The van der Waals surface area contributed by atoms with Gasteiger partial charge in [0, 0.05) is 17.9 Å². The van der Waals surface area contributed by atoms with Gasteiger partial charge < -0.3 is 0 Å². The summed E-state index contributed by atoms with van der Waals surface area (Å²) in [6.07, 6.45) is 5.39. The fraction of sp³-hybridized carbons (Fsp3) is 0.214. The summed E-state index contributed by atoms with van der Waals surface area (Å²) in [6.45, 7) is 2.09. The second-order valence-electron chi connectivity index (χ2n) is 7.86. The van der Waals surface area contributed by atoms with Crippen molar-refractivity contribution in [3.63, 3.8) is 0 Å². The maximum Gasteiger partial charge on any atom is 0.228 e. The van der Waals surface area contributed by atoms with Gasteiger partial charge in [0.1, 0.15) is 0 Å². The standard InChI is InChI=1S/C28H26O2/c1-2-3-5-14-26(29)28(30)22-17-15-21(16-18-22)27-24-13-9-8-12-23(24)19-25(27)20-10-6-4-7-11-20/h4,6-13,15-19,27H,2-3,5,14H2,1H3. The quantitative estimate of drug-likeness (QED) is 0.242. The molecule has 0 fully saturated rings. The summed E-state index contributed by atoms with van der Waals surface area (Å²) in [4.78, 5) is 24.7. The Balaban J connectivity index is 1.62. The lowest BCUT2D eigenvalue weighted by Gasteiger charge is -2.18. The third kappa shape index (κ3) is 4.04. The molecular weight excluding hydrogens is 368 g/mol. The van der Waals surface area contributed by atoms with Crippen LogP contribution in [-0.4, -0.2) is 11.6 Å². The topological polar surface area (TPSA) is 34.1 Å². The summed E-state index contributed by atoms with van der Waals surface area (Å²) in [5.74, 6) is -0.538. The molecule has 0 amide bonds. The molecule has 0 aromatic heterocycles. The molecule has 0 saturated heterocycles. The van der Waals surface area contributed by atoms with Gasteiger partial charge in [-0.2, -0.15) is 0 Å². The summed E-state index contributed by atoms with van der Waals surface area (Å²) in [7, 11) is 0. The van der Waals surface area contributed by atoms with Crippen LogP contribution < -0.4 is 0 Å². The van der Waals surface area contributed by atoms with Crippen molar-refractivity contribution in [1.82, 2.24) is 0 Å². The van der Waals surface area contributed by atoms with Gasteiger partial charge in [-0.1, -0.05) is 98.6 Å². The molecule has 150 valence electrons. The number of rotatable bonds is 8. The Bertz CT molecular complexity index is 1080. The average molecular weight is 395 g/mol. The minimum absolute atomic E-state index is 0.119. The lowest BCUT2D eigenvalue weighted by Crippen LogP contribution is -2.14. The number of allylic oxidation sites excluding steroid dienone is 1. The predicted molar refractivity (Wildman–Crippen MR) is 123 cm³/mol. The maximum atomic E-state index is 12.5. The highest BCUT2D eigenvalue weighted by Crippen LogP contribution is 2.45. The Kier molecular flexibility index (Phi) is 6.04. The number of unbranched alkanes of at least 4 members (excludes halogenated alkanes) is 2. The van der Waals surface area contributed by atoms with Crippen molar-refractivity contribution in [3.8, 4) is 0 Å². The summed E-state index contributed by atoms with van der Waals surface area (Å²) in [5.41, 5.74) is 6.57. The van der Waals surface area contributed by atoms with Gasteiger partial charge in [0.2, 0.25) is 11.6 Å². The van der Waals surface area contributed by atoms with Crippen molar-refractivity contribution < 1.29 is 9.59 Å². The fourth-order valence-electron chi connectivity index (χ4n) is 4.20. The van der Waals surface area contributed by atoms with Crippen molar-refractivity contribution in [2.45, 2.75) is 38.5 Å². The Labute approximate surface area is 178 Å². The van der Waals surface area contributed by atoms with E-state index in [0.29, 0.717) is 12.0 Å². The minimum Gasteiger partial charge on any atom is -0.290 e. The summed E-state index contributed by atoms with van der Waals surface area (Å²) in [5, 5.41) is 0. The van der Waals surface area contributed by atoms with E-state index in [-0.39, 0.29) is 17.5 Å². The van der Waals surface area contributed by atoms with Crippen LogP contribution >= 0.6 is 0 Å². The molecule has 1 atom stereocenters. The highest BCUT2D eigenvalue weighted by atomic mass is 16.2. The summed E-state index contributed by atoms with van der Waals surface area (Å²) < 4.78 is 0. The maximum absolute atomic E-state index is 12.5. The van der Waals surface area contributed by atoms with E-state index in [1.165, 1.54) is 22.3 Å². The molecule has 1 aliphatic carbocycles. The molecule has 0 aliphatic heterocycles. The van der Waals surface area contributed by atoms with Crippen molar-refractivity contribution >= 4 is 23.2 Å². The molecule has 4 rings (SSSR count). The van der Waals surface area contributed by atoms with Crippen LogP contribution in [0, 0.1) is 0 Å². The van der Waals surface area contributed by atoms with Crippen LogP contribution in [0.5, 0.6) is 0 Å². The third-order valence-electron chi connectivity index (χ3n) is 5.80. The molecule has 3 aromatic rings. The minimum atomic E-state index is -0.372. The smallest absolute Gasteiger partial charge is 0.228 e. The number of benzene rings is 3. The Morgan fingerprint density at radius 1 is 0.800 bits per heavy atom. The molecule has 0 saturated carbocycles. The van der Waals surface area contributed by atoms with E-state index in [9.17, 15) is 9.59 Å². The van der Waals surface area contributed by atoms with Gasteiger partial charge >= 0.3 is 0 Å². The van der Waals surface area contributed by atoms with Crippen LogP contribution in [0.15, 0.2) is 78.9 Å².